The molecule has 6 heteroatoms. The van der Waals surface area contributed by atoms with Crippen molar-refractivity contribution >= 4 is 40.3 Å². The number of nitrogen functional groups attached to an aromatic ring is 1. The number of hydrogen-bond acceptors (Lipinski definition) is 5. The lowest BCUT2D eigenvalue weighted by atomic mass is 10.0. The minimum atomic E-state index is 0.440. The van der Waals surface area contributed by atoms with Crippen LogP contribution in [0.3, 0.4) is 0 Å². The van der Waals surface area contributed by atoms with Gasteiger partial charge in [0.1, 0.15) is 12.0 Å². The lowest BCUT2D eigenvalue weighted by Gasteiger charge is -2.13. The lowest BCUT2D eigenvalue weighted by molar-refractivity contribution is 0.867. The number of benzene rings is 2. The van der Waals surface area contributed by atoms with E-state index in [4.69, 9.17) is 17.3 Å². The molecular weight excluding hydrogens is 334 g/mol. The van der Waals surface area contributed by atoms with E-state index >= 15 is 0 Å². The number of hydrogen-bond donors (Lipinski definition) is 3. The van der Waals surface area contributed by atoms with Crippen LogP contribution in [0.25, 0.3) is 0 Å². The van der Waals surface area contributed by atoms with E-state index in [-0.39, 0.29) is 0 Å². The van der Waals surface area contributed by atoms with Crippen molar-refractivity contribution in [2.75, 3.05) is 16.4 Å². The number of nitrogens with one attached hydrogen (secondary N) is 2. The number of nitrogens with two attached hydrogens (primary N) is 1. The zero-order valence-corrected chi connectivity index (χ0v) is 14.9. The van der Waals surface area contributed by atoms with E-state index < -0.39 is 0 Å². The van der Waals surface area contributed by atoms with Crippen LogP contribution >= 0.6 is 11.6 Å². The van der Waals surface area contributed by atoms with E-state index in [0.717, 1.165) is 11.4 Å². The Morgan fingerprint density at radius 3 is 2.16 bits per heavy atom. The van der Waals surface area contributed by atoms with Gasteiger partial charge in [0.05, 0.1) is 0 Å². The number of aromatic nitrogens is 2. The molecule has 5 nitrogen and oxygen atoms in total. The standard InChI is InChI=1S/C19H20ClN5/c1-12(2)13-6-8-15(9-7-13)24-18-17(21)19(23-11-22-18)25-16-5-3-4-14(20)10-16/h3-12H,21H2,1-2H3,(H2,22,23,24,25). The predicted molar refractivity (Wildman–Crippen MR) is 105 cm³/mol. The van der Waals surface area contributed by atoms with Gasteiger partial charge in [0.25, 0.3) is 0 Å². The van der Waals surface area contributed by atoms with Gasteiger partial charge in [-0.15, -0.1) is 0 Å². The number of anilines is 5. The molecule has 0 spiro atoms. The highest BCUT2D eigenvalue weighted by Gasteiger charge is 2.09. The molecule has 0 saturated heterocycles. The zero-order chi connectivity index (χ0) is 17.8. The summed E-state index contributed by atoms with van der Waals surface area (Å²) in [6.45, 7) is 4.33. The fraction of sp³-hybridized carbons (Fsp3) is 0.158. The molecule has 3 aromatic rings. The molecule has 4 N–H and O–H groups in total. The summed E-state index contributed by atoms with van der Waals surface area (Å²) in [5, 5.41) is 7.04. The molecular formula is C19H20ClN5. The molecule has 1 heterocycles. The van der Waals surface area contributed by atoms with Crippen molar-refractivity contribution in [1.82, 2.24) is 9.97 Å². The molecule has 0 aliphatic carbocycles. The van der Waals surface area contributed by atoms with E-state index in [0.29, 0.717) is 28.3 Å². The van der Waals surface area contributed by atoms with Gasteiger partial charge in [-0.05, 0) is 41.8 Å². The van der Waals surface area contributed by atoms with Crippen LogP contribution in [0.5, 0.6) is 0 Å². The van der Waals surface area contributed by atoms with E-state index in [2.05, 4.69) is 46.6 Å². The first-order chi connectivity index (χ1) is 12.0. The van der Waals surface area contributed by atoms with Crippen molar-refractivity contribution in [1.29, 1.82) is 0 Å². The first kappa shape index (κ1) is 17.0. The number of halogens is 1. The maximum atomic E-state index is 6.21. The van der Waals surface area contributed by atoms with Crippen molar-refractivity contribution in [3.8, 4) is 0 Å². The SMILES string of the molecule is CC(C)c1ccc(Nc2ncnc(Nc3cccc(Cl)c3)c2N)cc1. The summed E-state index contributed by atoms with van der Waals surface area (Å²) in [6.07, 6.45) is 1.47. The monoisotopic (exact) mass is 353 g/mol. The molecule has 0 fully saturated rings. The highest BCUT2D eigenvalue weighted by Crippen LogP contribution is 2.29. The maximum absolute atomic E-state index is 6.21. The van der Waals surface area contributed by atoms with Crippen molar-refractivity contribution in [2.45, 2.75) is 19.8 Å². The second kappa shape index (κ2) is 7.40. The fourth-order valence-electron chi connectivity index (χ4n) is 2.39. The normalized spacial score (nSPS) is 10.7. The molecule has 2 aromatic carbocycles. The summed E-state index contributed by atoms with van der Waals surface area (Å²) < 4.78 is 0. The molecule has 0 unspecified atom stereocenters. The van der Waals surface area contributed by atoms with Crippen molar-refractivity contribution in [2.24, 2.45) is 0 Å². The second-order valence-electron chi connectivity index (χ2n) is 6.02. The molecule has 0 amide bonds. The van der Waals surface area contributed by atoms with Crippen LogP contribution < -0.4 is 16.4 Å². The average molecular weight is 354 g/mol. The Bertz CT molecular complexity index is 862. The molecule has 0 radical (unpaired) electrons. The van der Waals surface area contributed by atoms with Crippen LogP contribution in [0, 0.1) is 0 Å². The largest absolute Gasteiger partial charge is 0.393 e. The van der Waals surface area contributed by atoms with Gasteiger partial charge in [0.2, 0.25) is 0 Å². The minimum Gasteiger partial charge on any atom is -0.393 e. The summed E-state index contributed by atoms with van der Waals surface area (Å²) in [4.78, 5) is 8.45. The average Bonchev–Trinajstić information content (AvgIpc) is 2.59. The molecule has 3 rings (SSSR count). The van der Waals surface area contributed by atoms with E-state index in [9.17, 15) is 0 Å². The zero-order valence-electron chi connectivity index (χ0n) is 14.1. The Labute approximate surface area is 152 Å². The van der Waals surface area contributed by atoms with Crippen LogP contribution in [-0.4, -0.2) is 9.97 Å². The van der Waals surface area contributed by atoms with E-state index in [1.54, 1.807) is 6.07 Å². The van der Waals surface area contributed by atoms with E-state index in [1.807, 2.05) is 30.3 Å². The highest BCUT2D eigenvalue weighted by molar-refractivity contribution is 6.30. The van der Waals surface area contributed by atoms with Gasteiger partial charge in [0.15, 0.2) is 11.6 Å². The topological polar surface area (TPSA) is 75.9 Å². The number of nitrogens with zero attached hydrogens (tertiary/aromatic N) is 2. The first-order valence-electron chi connectivity index (χ1n) is 8.03. The molecule has 1 aromatic heterocycles. The van der Waals surface area contributed by atoms with Crippen LogP contribution in [-0.2, 0) is 0 Å². The molecule has 0 aliphatic heterocycles. The molecule has 0 saturated carbocycles. The van der Waals surface area contributed by atoms with Gasteiger partial charge in [-0.25, -0.2) is 9.97 Å². The predicted octanol–water partition coefficient (Wildman–Crippen LogP) is 5.32. The van der Waals surface area contributed by atoms with Gasteiger partial charge >= 0.3 is 0 Å². The van der Waals surface area contributed by atoms with Gasteiger partial charge in [-0.3, -0.25) is 0 Å². The van der Waals surface area contributed by atoms with E-state index in [1.165, 1.54) is 11.9 Å². The third-order valence-corrected chi connectivity index (χ3v) is 4.05. The highest BCUT2D eigenvalue weighted by atomic mass is 35.5. The third kappa shape index (κ3) is 4.19. The Balaban J connectivity index is 1.81. The van der Waals surface area contributed by atoms with Gasteiger partial charge in [0, 0.05) is 16.4 Å². The quantitative estimate of drug-likeness (QED) is 0.578. The van der Waals surface area contributed by atoms with Crippen LogP contribution in [0.4, 0.5) is 28.7 Å². The smallest absolute Gasteiger partial charge is 0.159 e. The summed E-state index contributed by atoms with van der Waals surface area (Å²) in [6, 6.07) is 15.6. The minimum absolute atomic E-state index is 0.440. The van der Waals surface area contributed by atoms with Crippen LogP contribution in [0.15, 0.2) is 54.9 Å². The van der Waals surface area contributed by atoms with Gasteiger partial charge in [-0.2, -0.15) is 0 Å². The molecule has 0 aliphatic rings. The summed E-state index contributed by atoms with van der Waals surface area (Å²) in [5.41, 5.74) is 9.66. The van der Waals surface area contributed by atoms with Gasteiger partial charge < -0.3 is 16.4 Å². The number of rotatable bonds is 5. The van der Waals surface area contributed by atoms with Crippen molar-refractivity contribution in [3.05, 3.63) is 65.4 Å². The Kier molecular flexibility index (Phi) is 5.05. The maximum Gasteiger partial charge on any atom is 0.159 e. The van der Waals surface area contributed by atoms with Crippen molar-refractivity contribution < 1.29 is 0 Å². The fourth-order valence-corrected chi connectivity index (χ4v) is 2.58. The molecule has 0 atom stereocenters. The Hall–Kier alpha value is -2.79. The summed E-state index contributed by atoms with van der Waals surface area (Å²) >= 11 is 6.01. The first-order valence-corrected chi connectivity index (χ1v) is 8.41. The summed E-state index contributed by atoms with van der Waals surface area (Å²) in [5.74, 6) is 1.57. The van der Waals surface area contributed by atoms with Gasteiger partial charge in [-0.1, -0.05) is 43.6 Å². The molecule has 128 valence electrons. The Morgan fingerprint density at radius 1 is 0.920 bits per heavy atom. The lowest BCUT2D eigenvalue weighted by Crippen LogP contribution is -2.05. The molecule has 25 heavy (non-hydrogen) atoms. The van der Waals surface area contributed by atoms with Crippen LogP contribution in [0.2, 0.25) is 5.02 Å². The Morgan fingerprint density at radius 2 is 1.56 bits per heavy atom. The third-order valence-electron chi connectivity index (χ3n) is 3.81. The van der Waals surface area contributed by atoms with Crippen LogP contribution in [0.1, 0.15) is 25.3 Å². The summed E-state index contributed by atoms with van der Waals surface area (Å²) in [7, 11) is 0. The second-order valence-corrected chi connectivity index (χ2v) is 6.46. The molecule has 0 bridgehead atoms. The van der Waals surface area contributed by atoms with Crippen molar-refractivity contribution in [3.63, 3.8) is 0 Å².